The third-order valence-electron chi connectivity index (χ3n) is 3.89. The number of esters is 1. The fourth-order valence-electron chi connectivity index (χ4n) is 2.86. The molecule has 0 aromatic carbocycles. The number of β-lactam (4-membered cyclic amide) rings is 1. The van der Waals surface area contributed by atoms with Crippen molar-refractivity contribution in [3.8, 4) is 0 Å². The predicted octanol–water partition coefficient (Wildman–Crippen LogP) is 0.227. The minimum atomic E-state index is -0.745. The molecule has 0 unspecified atom stereocenters. The second kappa shape index (κ2) is 7.67. The molecule has 0 aliphatic carbocycles. The smallest absolute Gasteiger partial charge is 0.355 e. The number of carbonyl (C=O) groups is 3. The SMILES string of the molecule is COC(=O)C1=C(SCCNC(=O)CBr)C[C@@H]2[C@@H]([C@@H](C)O)C(=O)N12. The van der Waals surface area contributed by atoms with E-state index in [0.29, 0.717) is 18.7 Å². The number of amides is 2. The summed E-state index contributed by atoms with van der Waals surface area (Å²) in [7, 11) is 1.28. The molecule has 2 rings (SSSR count). The molecule has 0 aromatic rings. The van der Waals surface area contributed by atoms with Crippen LogP contribution in [0.1, 0.15) is 13.3 Å². The minimum Gasteiger partial charge on any atom is -0.464 e. The molecule has 2 amide bonds. The Morgan fingerprint density at radius 1 is 1.57 bits per heavy atom. The van der Waals surface area contributed by atoms with Crippen molar-refractivity contribution in [3.05, 3.63) is 10.6 Å². The Kier molecular flexibility index (Phi) is 6.10. The Bertz CT molecular complexity index is 551. The van der Waals surface area contributed by atoms with Crippen LogP contribution in [0.3, 0.4) is 0 Å². The van der Waals surface area contributed by atoms with E-state index in [1.54, 1.807) is 6.92 Å². The third-order valence-corrected chi connectivity index (χ3v) is 5.51. The maximum Gasteiger partial charge on any atom is 0.355 e. The molecule has 7 nitrogen and oxygen atoms in total. The first-order valence-electron chi connectivity index (χ1n) is 7.20. The number of ether oxygens (including phenoxy) is 1. The molecule has 128 valence electrons. The fraction of sp³-hybridized carbons (Fsp3) is 0.643. The number of hydrogen-bond donors (Lipinski definition) is 2. The molecule has 2 N–H and O–H groups in total. The lowest BCUT2D eigenvalue weighted by molar-refractivity contribution is -0.161. The molecule has 3 atom stereocenters. The van der Waals surface area contributed by atoms with Gasteiger partial charge in [0.1, 0.15) is 5.70 Å². The van der Waals surface area contributed by atoms with Crippen LogP contribution in [0, 0.1) is 5.92 Å². The van der Waals surface area contributed by atoms with Crippen LogP contribution < -0.4 is 5.32 Å². The molecule has 0 aromatic heterocycles. The number of aliphatic hydroxyl groups is 1. The van der Waals surface area contributed by atoms with Crippen molar-refractivity contribution in [2.75, 3.05) is 24.7 Å². The van der Waals surface area contributed by atoms with Crippen LogP contribution in [0.25, 0.3) is 0 Å². The summed E-state index contributed by atoms with van der Waals surface area (Å²) in [6.07, 6.45) is -0.215. The fourth-order valence-corrected chi connectivity index (χ4v) is 4.11. The van der Waals surface area contributed by atoms with E-state index in [9.17, 15) is 19.5 Å². The summed E-state index contributed by atoms with van der Waals surface area (Å²) >= 11 is 4.49. The summed E-state index contributed by atoms with van der Waals surface area (Å²) < 4.78 is 4.78. The summed E-state index contributed by atoms with van der Waals surface area (Å²) in [6.45, 7) is 2.05. The van der Waals surface area contributed by atoms with E-state index < -0.39 is 18.0 Å². The van der Waals surface area contributed by atoms with Gasteiger partial charge in [0.05, 0.1) is 30.5 Å². The monoisotopic (exact) mass is 406 g/mol. The first-order valence-corrected chi connectivity index (χ1v) is 9.31. The van der Waals surface area contributed by atoms with Crippen molar-refractivity contribution in [2.45, 2.75) is 25.5 Å². The van der Waals surface area contributed by atoms with Gasteiger partial charge in [-0.15, -0.1) is 11.8 Å². The largest absolute Gasteiger partial charge is 0.464 e. The lowest BCUT2D eigenvalue weighted by Crippen LogP contribution is -2.61. The number of alkyl halides is 1. The molecule has 23 heavy (non-hydrogen) atoms. The van der Waals surface area contributed by atoms with Crippen molar-refractivity contribution >= 4 is 45.5 Å². The van der Waals surface area contributed by atoms with Crippen molar-refractivity contribution in [3.63, 3.8) is 0 Å². The zero-order valence-electron chi connectivity index (χ0n) is 12.9. The van der Waals surface area contributed by atoms with Crippen LogP contribution >= 0.6 is 27.7 Å². The van der Waals surface area contributed by atoms with Crippen LogP contribution in [0.5, 0.6) is 0 Å². The standard InChI is InChI=1S/C14H19BrN2O5S/c1-7(18)11-8-5-9(23-4-3-16-10(19)6-15)12(14(21)22-2)17(8)13(11)20/h7-8,11,18H,3-6H2,1-2H3,(H,16,19)/t7-,8-,11-/m1/s1. The summed E-state index contributed by atoms with van der Waals surface area (Å²) in [6, 6.07) is -0.184. The number of fused-ring (bicyclic) bond motifs is 1. The number of rotatable bonds is 7. The molecule has 1 fully saturated rings. The van der Waals surface area contributed by atoms with Gasteiger partial charge >= 0.3 is 5.97 Å². The van der Waals surface area contributed by atoms with E-state index in [2.05, 4.69) is 21.2 Å². The number of methoxy groups -OCH3 is 1. The summed E-state index contributed by atoms with van der Waals surface area (Å²) in [4.78, 5) is 37.5. The van der Waals surface area contributed by atoms with E-state index >= 15 is 0 Å². The lowest BCUT2D eigenvalue weighted by atomic mass is 9.83. The van der Waals surface area contributed by atoms with Crippen molar-refractivity contribution in [1.82, 2.24) is 10.2 Å². The Labute approximate surface area is 146 Å². The van der Waals surface area contributed by atoms with Crippen LogP contribution in [0.4, 0.5) is 0 Å². The Balaban J connectivity index is 2.04. The van der Waals surface area contributed by atoms with E-state index in [-0.39, 0.29) is 28.9 Å². The average Bonchev–Trinajstić information content (AvgIpc) is 2.84. The average molecular weight is 407 g/mol. The second-order valence-corrected chi connectivity index (χ2v) is 7.09. The Hall–Kier alpha value is -1.06. The molecule has 9 heteroatoms. The molecule has 0 saturated carbocycles. The molecule has 0 spiro atoms. The van der Waals surface area contributed by atoms with Gasteiger partial charge in [-0.05, 0) is 6.92 Å². The minimum absolute atomic E-state index is 0.104. The first kappa shape index (κ1) is 18.3. The van der Waals surface area contributed by atoms with Gasteiger partial charge in [0.15, 0.2) is 0 Å². The molecule has 2 aliphatic heterocycles. The van der Waals surface area contributed by atoms with Crippen LogP contribution in [-0.4, -0.2) is 64.7 Å². The molecule has 2 heterocycles. The van der Waals surface area contributed by atoms with Gasteiger partial charge in [0.25, 0.3) is 0 Å². The Morgan fingerprint density at radius 3 is 2.83 bits per heavy atom. The van der Waals surface area contributed by atoms with Gasteiger partial charge in [-0.2, -0.15) is 0 Å². The second-order valence-electron chi connectivity index (χ2n) is 5.34. The summed E-state index contributed by atoms with van der Waals surface area (Å²) in [5, 5.41) is 12.7. The highest BCUT2D eigenvalue weighted by Gasteiger charge is 2.56. The number of carbonyl (C=O) groups excluding carboxylic acids is 3. The summed E-state index contributed by atoms with van der Waals surface area (Å²) in [5.74, 6) is -0.776. The molecule has 2 aliphatic rings. The zero-order chi connectivity index (χ0) is 17.1. The highest BCUT2D eigenvalue weighted by molar-refractivity contribution is 9.09. The quantitative estimate of drug-likeness (QED) is 0.272. The number of nitrogens with zero attached hydrogens (tertiary/aromatic N) is 1. The van der Waals surface area contributed by atoms with Gasteiger partial charge in [-0.3, -0.25) is 9.59 Å². The van der Waals surface area contributed by atoms with E-state index in [0.717, 1.165) is 4.91 Å². The van der Waals surface area contributed by atoms with Crippen molar-refractivity contribution in [2.24, 2.45) is 5.92 Å². The summed E-state index contributed by atoms with van der Waals surface area (Å²) in [5.41, 5.74) is 0.274. The Morgan fingerprint density at radius 2 is 2.26 bits per heavy atom. The van der Waals surface area contributed by atoms with Crippen LogP contribution in [-0.2, 0) is 19.1 Å². The van der Waals surface area contributed by atoms with E-state index in [1.807, 2.05) is 0 Å². The molecule has 0 bridgehead atoms. The van der Waals surface area contributed by atoms with Gasteiger partial charge in [0, 0.05) is 23.6 Å². The molecular formula is C14H19BrN2O5S. The van der Waals surface area contributed by atoms with Gasteiger partial charge < -0.3 is 20.1 Å². The highest BCUT2D eigenvalue weighted by atomic mass is 79.9. The van der Waals surface area contributed by atoms with E-state index in [1.165, 1.54) is 23.8 Å². The zero-order valence-corrected chi connectivity index (χ0v) is 15.3. The number of aliphatic hydroxyl groups excluding tert-OH is 1. The first-order chi connectivity index (χ1) is 10.9. The number of thioether (sulfide) groups is 1. The molecule has 0 radical (unpaired) electrons. The highest BCUT2D eigenvalue weighted by Crippen LogP contribution is 2.47. The van der Waals surface area contributed by atoms with Crippen LogP contribution in [0.15, 0.2) is 10.6 Å². The maximum atomic E-state index is 12.2. The van der Waals surface area contributed by atoms with Crippen LogP contribution in [0.2, 0.25) is 0 Å². The lowest BCUT2D eigenvalue weighted by Gasteiger charge is -2.44. The maximum absolute atomic E-state index is 12.2. The van der Waals surface area contributed by atoms with Gasteiger partial charge in [0.2, 0.25) is 11.8 Å². The molecule has 1 saturated heterocycles. The number of hydrogen-bond acceptors (Lipinski definition) is 6. The van der Waals surface area contributed by atoms with Crippen molar-refractivity contribution in [1.29, 1.82) is 0 Å². The number of nitrogens with one attached hydrogen (secondary N) is 1. The van der Waals surface area contributed by atoms with Gasteiger partial charge in [-0.1, -0.05) is 15.9 Å². The number of halogens is 1. The third kappa shape index (κ3) is 3.56. The molecular weight excluding hydrogens is 388 g/mol. The normalized spacial score (nSPS) is 24.2. The van der Waals surface area contributed by atoms with Gasteiger partial charge in [-0.25, -0.2) is 4.79 Å². The van der Waals surface area contributed by atoms with Crippen molar-refractivity contribution < 1.29 is 24.2 Å². The van der Waals surface area contributed by atoms with E-state index in [4.69, 9.17) is 4.74 Å². The topological polar surface area (TPSA) is 95.9 Å². The predicted molar refractivity (Wildman–Crippen MR) is 88.7 cm³/mol.